The van der Waals surface area contributed by atoms with Gasteiger partial charge in [-0.25, -0.2) is 9.97 Å². The standard InChI is InChI=1S/C20H18N6O2.2C2H6/c1-11-21-15-5-3-13(7-17(15)23-11)25-9-20(28)26(10-19(25)27)14-4-6-16-18(8-14)24-12(2)22-16;2*1-2/h3-8H,9-10H2,1-2H3,(H,21,23)(H,22,24);2*1-2H3. The molecule has 0 unspecified atom stereocenters. The smallest absolute Gasteiger partial charge is 0.247 e. The summed E-state index contributed by atoms with van der Waals surface area (Å²) in [5.74, 6) is 1.36. The second kappa shape index (κ2) is 9.64. The van der Waals surface area contributed by atoms with E-state index in [1.54, 1.807) is 0 Å². The Balaban J connectivity index is 0.000000686. The van der Waals surface area contributed by atoms with Crippen LogP contribution in [0, 0.1) is 13.8 Å². The number of aromatic amines is 2. The van der Waals surface area contributed by atoms with Crippen LogP contribution in [0.15, 0.2) is 36.4 Å². The fourth-order valence-electron chi connectivity index (χ4n) is 3.67. The molecule has 5 rings (SSSR count). The van der Waals surface area contributed by atoms with Gasteiger partial charge in [0.25, 0.3) is 0 Å². The van der Waals surface area contributed by atoms with E-state index >= 15 is 0 Å². The van der Waals surface area contributed by atoms with Crippen molar-refractivity contribution >= 4 is 45.3 Å². The fourth-order valence-corrected chi connectivity index (χ4v) is 3.67. The number of piperazine rings is 1. The minimum absolute atomic E-state index is 0.00248. The quantitative estimate of drug-likeness (QED) is 0.486. The highest BCUT2D eigenvalue weighted by molar-refractivity contribution is 6.13. The Bertz CT molecular complexity index is 1160. The number of rotatable bonds is 2. The Hall–Kier alpha value is -3.68. The zero-order valence-corrected chi connectivity index (χ0v) is 19.5. The first-order chi connectivity index (χ1) is 15.5. The van der Waals surface area contributed by atoms with Gasteiger partial charge in [0.2, 0.25) is 11.8 Å². The van der Waals surface area contributed by atoms with Crippen LogP contribution < -0.4 is 9.80 Å². The molecule has 1 fully saturated rings. The highest BCUT2D eigenvalue weighted by atomic mass is 16.2. The average molecular weight is 435 g/mol. The van der Waals surface area contributed by atoms with E-state index in [-0.39, 0.29) is 24.9 Å². The summed E-state index contributed by atoms with van der Waals surface area (Å²) in [7, 11) is 0. The summed E-state index contributed by atoms with van der Waals surface area (Å²) >= 11 is 0. The number of nitrogens with one attached hydrogen (secondary N) is 2. The molecule has 2 N–H and O–H groups in total. The number of carbonyl (C=O) groups excluding carboxylic acids is 2. The summed E-state index contributed by atoms with van der Waals surface area (Å²) in [5, 5.41) is 0. The van der Waals surface area contributed by atoms with Crippen molar-refractivity contribution < 1.29 is 9.59 Å². The summed E-state index contributed by atoms with van der Waals surface area (Å²) < 4.78 is 0. The minimum atomic E-state index is -0.129. The Morgan fingerprint density at radius 1 is 0.688 bits per heavy atom. The van der Waals surface area contributed by atoms with Crippen molar-refractivity contribution in [1.82, 2.24) is 19.9 Å². The molecule has 1 aliphatic rings. The van der Waals surface area contributed by atoms with Gasteiger partial charge in [-0.15, -0.1) is 0 Å². The van der Waals surface area contributed by atoms with Crippen molar-refractivity contribution in [2.75, 3.05) is 22.9 Å². The molecule has 0 radical (unpaired) electrons. The number of amides is 2. The molecule has 0 bridgehead atoms. The summed E-state index contributed by atoms with van der Waals surface area (Å²) in [5.41, 5.74) is 4.74. The highest BCUT2D eigenvalue weighted by Gasteiger charge is 2.32. The van der Waals surface area contributed by atoms with Crippen LogP contribution in [0.4, 0.5) is 11.4 Å². The minimum Gasteiger partial charge on any atom is -0.342 e. The number of benzene rings is 2. The van der Waals surface area contributed by atoms with E-state index in [4.69, 9.17) is 0 Å². The number of anilines is 2. The Labute approximate surface area is 187 Å². The molecule has 0 aliphatic carbocycles. The third-order valence-electron chi connectivity index (χ3n) is 4.98. The van der Waals surface area contributed by atoms with E-state index in [1.165, 1.54) is 9.80 Å². The second-order valence-electron chi connectivity index (χ2n) is 7.01. The molecule has 4 aromatic rings. The summed E-state index contributed by atoms with van der Waals surface area (Å²) in [6, 6.07) is 11.1. The van der Waals surface area contributed by atoms with Gasteiger partial charge in [0.1, 0.15) is 24.7 Å². The maximum Gasteiger partial charge on any atom is 0.247 e. The van der Waals surface area contributed by atoms with E-state index in [2.05, 4.69) is 19.9 Å². The molecule has 8 heteroatoms. The van der Waals surface area contributed by atoms with Gasteiger partial charge >= 0.3 is 0 Å². The Morgan fingerprint density at radius 2 is 1.06 bits per heavy atom. The second-order valence-corrected chi connectivity index (χ2v) is 7.01. The number of hydrogen-bond donors (Lipinski definition) is 2. The van der Waals surface area contributed by atoms with Gasteiger partial charge in [0, 0.05) is 11.4 Å². The van der Waals surface area contributed by atoms with Gasteiger partial charge in [-0.05, 0) is 50.2 Å². The maximum absolute atomic E-state index is 12.8. The Morgan fingerprint density at radius 3 is 1.44 bits per heavy atom. The number of H-pyrrole nitrogens is 2. The fraction of sp³-hybridized carbons (Fsp3) is 0.333. The molecule has 2 aromatic heterocycles. The molecule has 0 atom stereocenters. The molecule has 3 heterocycles. The first-order valence-electron chi connectivity index (χ1n) is 11.0. The first-order valence-corrected chi connectivity index (χ1v) is 11.0. The van der Waals surface area contributed by atoms with Crippen LogP contribution in [0.2, 0.25) is 0 Å². The van der Waals surface area contributed by atoms with Crippen molar-refractivity contribution in [2.24, 2.45) is 0 Å². The third kappa shape index (κ3) is 4.34. The topological polar surface area (TPSA) is 98.0 Å². The van der Waals surface area contributed by atoms with Crippen molar-refractivity contribution in [3.05, 3.63) is 48.0 Å². The number of carbonyl (C=O) groups is 2. The largest absolute Gasteiger partial charge is 0.342 e. The third-order valence-corrected chi connectivity index (χ3v) is 4.98. The SMILES string of the molecule is CC.CC.Cc1nc2ccc(N3CC(=O)N(c4ccc5nc(C)[nH]c5c4)CC3=O)cc2[nH]1. The maximum atomic E-state index is 12.8. The van der Waals surface area contributed by atoms with Crippen LogP contribution in [-0.4, -0.2) is 44.8 Å². The highest BCUT2D eigenvalue weighted by Crippen LogP contribution is 2.26. The van der Waals surface area contributed by atoms with E-state index < -0.39 is 0 Å². The molecule has 0 saturated carbocycles. The summed E-state index contributed by atoms with van der Waals surface area (Å²) in [6.45, 7) is 11.8. The predicted molar refractivity (Wildman–Crippen MR) is 129 cm³/mol. The molecule has 2 amide bonds. The van der Waals surface area contributed by atoms with Crippen molar-refractivity contribution in [1.29, 1.82) is 0 Å². The number of imidazole rings is 2. The van der Waals surface area contributed by atoms with Crippen LogP contribution >= 0.6 is 0 Å². The number of fused-ring (bicyclic) bond motifs is 2. The van der Waals surface area contributed by atoms with Gasteiger partial charge in [-0.1, -0.05) is 27.7 Å². The Kier molecular flexibility index (Phi) is 6.92. The monoisotopic (exact) mass is 434 g/mol. The van der Waals surface area contributed by atoms with E-state index in [9.17, 15) is 9.59 Å². The summed E-state index contributed by atoms with van der Waals surface area (Å²) in [6.07, 6.45) is 0. The van der Waals surface area contributed by atoms with E-state index in [0.717, 1.165) is 33.7 Å². The van der Waals surface area contributed by atoms with Gasteiger partial charge in [-0.2, -0.15) is 0 Å². The van der Waals surface area contributed by atoms with E-state index in [0.29, 0.717) is 11.4 Å². The van der Waals surface area contributed by atoms with Gasteiger partial charge in [0.15, 0.2) is 0 Å². The lowest BCUT2D eigenvalue weighted by molar-refractivity contribution is -0.125. The predicted octanol–water partition coefficient (Wildman–Crippen LogP) is 4.49. The van der Waals surface area contributed by atoms with Crippen LogP contribution in [0.25, 0.3) is 22.1 Å². The lowest BCUT2D eigenvalue weighted by Crippen LogP contribution is -2.54. The normalized spacial score (nSPS) is 13.7. The molecule has 2 aromatic carbocycles. The molecule has 1 saturated heterocycles. The van der Waals surface area contributed by atoms with Crippen LogP contribution in [0.3, 0.4) is 0 Å². The molecule has 168 valence electrons. The van der Waals surface area contributed by atoms with Crippen molar-refractivity contribution in [3.63, 3.8) is 0 Å². The van der Waals surface area contributed by atoms with Crippen molar-refractivity contribution in [2.45, 2.75) is 41.5 Å². The molecule has 8 nitrogen and oxygen atoms in total. The number of aryl methyl sites for hydroxylation is 2. The van der Waals surface area contributed by atoms with Gasteiger partial charge in [0.05, 0.1) is 22.1 Å². The molecular weight excluding hydrogens is 404 g/mol. The first kappa shape index (κ1) is 23.0. The van der Waals surface area contributed by atoms with Crippen LogP contribution in [0.5, 0.6) is 0 Å². The average Bonchev–Trinajstić information content (AvgIpc) is 3.37. The molecule has 32 heavy (non-hydrogen) atoms. The van der Waals surface area contributed by atoms with Crippen molar-refractivity contribution in [3.8, 4) is 0 Å². The molecule has 1 aliphatic heterocycles. The number of hydrogen-bond acceptors (Lipinski definition) is 4. The van der Waals surface area contributed by atoms with Crippen LogP contribution in [-0.2, 0) is 9.59 Å². The van der Waals surface area contributed by atoms with Gasteiger partial charge < -0.3 is 19.8 Å². The van der Waals surface area contributed by atoms with E-state index in [1.807, 2.05) is 77.9 Å². The zero-order chi connectivity index (χ0) is 23.4. The zero-order valence-electron chi connectivity index (χ0n) is 19.5. The lowest BCUT2D eigenvalue weighted by Gasteiger charge is -2.34. The summed E-state index contributed by atoms with van der Waals surface area (Å²) in [4.78, 5) is 43.7. The number of aromatic nitrogens is 4. The number of nitrogens with zero attached hydrogens (tertiary/aromatic N) is 4. The van der Waals surface area contributed by atoms with Gasteiger partial charge in [-0.3, -0.25) is 9.59 Å². The lowest BCUT2D eigenvalue weighted by atomic mass is 10.2. The molecular formula is C24H30N6O2. The van der Waals surface area contributed by atoms with Crippen LogP contribution in [0.1, 0.15) is 39.3 Å². The molecule has 0 spiro atoms.